The van der Waals surface area contributed by atoms with Gasteiger partial charge in [0.2, 0.25) is 0 Å². The van der Waals surface area contributed by atoms with E-state index in [9.17, 15) is 4.79 Å². The Morgan fingerprint density at radius 1 is 1.36 bits per heavy atom. The lowest BCUT2D eigenvalue weighted by Gasteiger charge is -2.40. The third-order valence-corrected chi connectivity index (χ3v) is 4.34. The number of ether oxygens (including phenoxy) is 1. The maximum absolute atomic E-state index is 11.8. The maximum atomic E-state index is 11.8. The molecule has 0 spiro atoms. The van der Waals surface area contributed by atoms with E-state index in [0.29, 0.717) is 11.1 Å². The first-order chi connectivity index (χ1) is 10.5. The molecular formula is C16H18ClN3O2. The van der Waals surface area contributed by atoms with Crippen LogP contribution in [-0.2, 0) is 9.53 Å². The number of pyridine rings is 2. The molecule has 116 valence electrons. The van der Waals surface area contributed by atoms with Crippen LogP contribution in [0.1, 0.15) is 31.7 Å². The van der Waals surface area contributed by atoms with Gasteiger partial charge in [-0.3, -0.25) is 0 Å². The number of hydrogen-bond acceptors (Lipinski definition) is 5. The summed E-state index contributed by atoms with van der Waals surface area (Å²) in [4.78, 5) is 22.5. The molecule has 1 atom stereocenters. The predicted octanol–water partition coefficient (Wildman–Crippen LogP) is 3.16. The van der Waals surface area contributed by atoms with Crippen molar-refractivity contribution < 1.29 is 9.53 Å². The van der Waals surface area contributed by atoms with Crippen molar-refractivity contribution in [3.05, 3.63) is 29.2 Å². The predicted molar refractivity (Wildman–Crippen MR) is 86.4 cm³/mol. The maximum Gasteiger partial charge on any atom is 0.328 e. The Balaban J connectivity index is 2.12. The topological polar surface area (TPSA) is 55.3 Å². The number of methoxy groups -OCH3 is 1. The van der Waals surface area contributed by atoms with Gasteiger partial charge >= 0.3 is 5.97 Å². The second kappa shape index (κ2) is 5.72. The Morgan fingerprint density at radius 3 is 2.73 bits per heavy atom. The van der Waals surface area contributed by atoms with E-state index in [2.05, 4.69) is 23.8 Å². The zero-order chi connectivity index (χ0) is 15.9. The number of carbonyl (C=O) groups is 1. The summed E-state index contributed by atoms with van der Waals surface area (Å²) in [6.07, 6.45) is 4.38. The molecule has 0 radical (unpaired) electrons. The highest BCUT2D eigenvalue weighted by atomic mass is 35.5. The molecule has 0 unspecified atom stereocenters. The van der Waals surface area contributed by atoms with Gasteiger partial charge in [0.25, 0.3) is 0 Å². The van der Waals surface area contributed by atoms with E-state index >= 15 is 0 Å². The molecule has 3 heterocycles. The van der Waals surface area contributed by atoms with Gasteiger partial charge in [0.1, 0.15) is 17.0 Å². The average molecular weight is 320 g/mol. The molecule has 6 heteroatoms. The normalized spacial score (nSPS) is 17.7. The minimum atomic E-state index is -0.263. The van der Waals surface area contributed by atoms with E-state index < -0.39 is 0 Å². The number of aromatic nitrogens is 2. The molecule has 0 saturated carbocycles. The Kier molecular flexibility index (Phi) is 3.91. The van der Waals surface area contributed by atoms with Crippen LogP contribution < -0.4 is 4.90 Å². The van der Waals surface area contributed by atoms with E-state index in [4.69, 9.17) is 16.3 Å². The Bertz CT molecular complexity index is 733. The van der Waals surface area contributed by atoms with Gasteiger partial charge in [-0.25, -0.2) is 14.8 Å². The summed E-state index contributed by atoms with van der Waals surface area (Å²) in [5.74, 6) is 0.872. The third kappa shape index (κ3) is 2.39. The molecule has 2 aromatic rings. The summed E-state index contributed by atoms with van der Waals surface area (Å²) in [6, 6.07) is 1.60. The van der Waals surface area contributed by atoms with Crippen molar-refractivity contribution in [2.24, 2.45) is 0 Å². The number of hydrogen-bond donors (Lipinski definition) is 0. The van der Waals surface area contributed by atoms with Crippen molar-refractivity contribution in [1.82, 2.24) is 9.97 Å². The van der Waals surface area contributed by atoms with Crippen molar-refractivity contribution in [2.45, 2.75) is 32.2 Å². The Labute approximate surface area is 134 Å². The van der Waals surface area contributed by atoms with Crippen molar-refractivity contribution >= 4 is 34.2 Å². The molecule has 1 saturated heterocycles. The second-order valence-electron chi connectivity index (χ2n) is 5.77. The highest BCUT2D eigenvalue weighted by Gasteiger charge is 2.37. The standard InChI is InChI=1S/C16H18ClN3O2/c1-9(2)11-7-19-15(12-8-18-14(17)6-10(11)12)20-5-4-13(20)16(21)22-3/h6-9,13H,4-5H2,1-3H3/t13-/m0/s1. The van der Waals surface area contributed by atoms with Crippen molar-refractivity contribution in [2.75, 3.05) is 18.6 Å². The molecule has 0 amide bonds. The first-order valence-corrected chi connectivity index (χ1v) is 7.69. The van der Waals surface area contributed by atoms with E-state index in [1.165, 1.54) is 7.11 Å². The molecular weight excluding hydrogens is 302 g/mol. The summed E-state index contributed by atoms with van der Waals surface area (Å²) in [5.41, 5.74) is 1.12. The largest absolute Gasteiger partial charge is 0.467 e. The van der Waals surface area contributed by atoms with E-state index in [1.807, 2.05) is 17.2 Å². The Morgan fingerprint density at radius 2 is 2.14 bits per heavy atom. The minimum absolute atomic E-state index is 0.226. The zero-order valence-corrected chi connectivity index (χ0v) is 13.6. The van der Waals surface area contributed by atoms with Crippen LogP contribution in [0.3, 0.4) is 0 Å². The van der Waals surface area contributed by atoms with Crippen LogP contribution in [0, 0.1) is 0 Å². The molecule has 2 aromatic heterocycles. The SMILES string of the molecule is COC(=O)[C@@H]1CCN1c1ncc(C(C)C)c2cc(Cl)ncc12. The van der Waals surface area contributed by atoms with Gasteiger partial charge in [0, 0.05) is 24.3 Å². The quantitative estimate of drug-likeness (QED) is 0.642. The number of halogens is 1. The van der Waals surface area contributed by atoms with Gasteiger partial charge in [-0.2, -0.15) is 0 Å². The van der Waals surface area contributed by atoms with Gasteiger partial charge in [-0.1, -0.05) is 25.4 Å². The molecule has 0 aliphatic carbocycles. The fourth-order valence-corrected chi connectivity index (χ4v) is 2.99. The third-order valence-electron chi connectivity index (χ3n) is 4.14. The average Bonchev–Trinajstić information content (AvgIpc) is 2.45. The molecule has 0 bridgehead atoms. The molecule has 0 aromatic carbocycles. The van der Waals surface area contributed by atoms with Crippen LogP contribution in [0.5, 0.6) is 0 Å². The minimum Gasteiger partial charge on any atom is -0.467 e. The molecule has 22 heavy (non-hydrogen) atoms. The number of anilines is 1. The highest BCUT2D eigenvalue weighted by molar-refractivity contribution is 6.30. The van der Waals surface area contributed by atoms with E-state index in [-0.39, 0.29) is 12.0 Å². The lowest BCUT2D eigenvalue weighted by atomic mass is 9.97. The van der Waals surface area contributed by atoms with Crippen LogP contribution in [0.15, 0.2) is 18.5 Å². The first-order valence-electron chi connectivity index (χ1n) is 7.31. The fourth-order valence-electron chi connectivity index (χ4n) is 2.83. The lowest BCUT2D eigenvalue weighted by molar-refractivity contribution is -0.143. The van der Waals surface area contributed by atoms with Gasteiger partial charge < -0.3 is 9.64 Å². The molecule has 1 fully saturated rings. The summed E-state index contributed by atoms with van der Waals surface area (Å²) in [6.45, 7) is 5.02. The van der Waals surface area contributed by atoms with Gasteiger partial charge in [0.15, 0.2) is 0 Å². The Hall–Kier alpha value is -1.88. The van der Waals surface area contributed by atoms with Gasteiger partial charge in [-0.05, 0) is 29.4 Å². The van der Waals surface area contributed by atoms with Crippen LogP contribution in [0.4, 0.5) is 5.82 Å². The molecule has 3 rings (SSSR count). The van der Waals surface area contributed by atoms with Crippen molar-refractivity contribution in [3.63, 3.8) is 0 Å². The summed E-state index contributed by atoms with van der Waals surface area (Å²) in [7, 11) is 1.41. The summed E-state index contributed by atoms with van der Waals surface area (Å²) >= 11 is 6.06. The first kappa shape index (κ1) is 15.0. The lowest BCUT2D eigenvalue weighted by Crippen LogP contribution is -2.53. The second-order valence-corrected chi connectivity index (χ2v) is 6.15. The smallest absolute Gasteiger partial charge is 0.328 e. The highest BCUT2D eigenvalue weighted by Crippen LogP contribution is 2.35. The van der Waals surface area contributed by atoms with Crippen molar-refractivity contribution in [1.29, 1.82) is 0 Å². The van der Waals surface area contributed by atoms with Crippen LogP contribution in [0.25, 0.3) is 10.8 Å². The molecule has 5 nitrogen and oxygen atoms in total. The van der Waals surface area contributed by atoms with Crippen LogP contribution in [0.2, 0.25) is 5.15 Å². The van der Waals surface area contributed by atoms with Gasteiger partial charge in [-0.15, -0.1) is 0 Å². The number of esters is 1. The fraction of sp³-hybridized carbons (Fsp3) is 0.438. The number of nitrogens with zero attached hydrogens (tertiary/aromatic N) is 3. The van der Waals surface area contributed by atoms with Crippen LogP contribution in [-0.4, -0.2) is 35.6 Å². The van der Waals surface area contributed by atoms with Crippen LogP contribution >= 0.6 is 11.6 Å². The molecule has 0 N–H and O–H groups in total. The number of rotatable bonds is 3. The van der Waals surface area contributed by atoms with Crippen molar-refractivity contribution in [3.8, 4) is 0 Å². The molecule has 1 aliphatic rings. The van der Waals surface area contributed by atoms with E-state index in [1.54, 1.807) is 6.20 Å². The summed E-state index contributed by atoms with van der Waals surface area (Å²) < 4.78 is 4.85. The number of fused-ring (bicyclic) bond motifs is 1. The zero-order valence-electron chi connectivity index (χ0n) is 12.8. The monoisotopic (exact) mass is 319 g/mol. The number of carbonyl (C=O) groups excluding carboxylic acids is 1. The van der Waals surface area contributed by atoms with E-state index in [0.717, 1.165) is 35.1 Å². The summed E-state index contributed by atoms with van der Waals surface area (Å²) in [5, 5.41) is 2.42. The van der Waals surface area contributed by atoms with Gasteiger partial charge in [0.05, 0.1) is 7.11 Å². The molecule has 1 aliphatic heterocycles.